The summed E-state index contributed by atoms with van der Waals surface area (Å²) in [7, 11) is 0. The Hall–Kier alpha value is -2.07. The highest BCUT2D eigenvalue weighted by Gasteiger charge is 2.15. The van der Waals surface area contributed by atoms with Gasteiger partial charge in [-0.1, -0.05) is 12.1 Å². The monoisotopic (exact) mass is 271 g/mol. The van der Waals surface area contributed by atoms with Crippen molar-refractivity contribution in [3.8, 4) is 11.5 Å². The van der Waals surface area contributed by atoms with Crippen LogP contribution in [-0.2, 0) is 6.42 Å². The minimum absolute atomic E-state index is 0.487. The molecular formula is C16H17NO3. The van der Waals surface area contributed by atoms with Gasteiger partial charge < -0.3 is 14.6 Å². The number of aliphatic hydroxyl groups is 1. The molecule has 0 bridgehead atoms. The average Bonchev–Trinajstić information content (AvgIpc) is 2.72. The Bertz CT molecular complexity index is 571. The van der Waals surface area contributed by atoms with Gasteiger partial charge in [-0.2, -0.15) is 0 Å². The van der Waals surface area contributed by atoms with E-state index in [0.29, 0.717) is 25.4 Å². The number of hydrogen-bond donors (Lipinski definition) is 1. The number of nitrogens with zero attached hydrogens (tertiary/aromatic N) is 1. The van der Waals surface area contributed by atoms with Crippen molar-refractivity contribution in [1.82, 2.24) is 4.98 Å². The van der Waals surface area contributed by atoms with Crippen LogP contribution in [0.1, 0.15) is 23.8 Å². The zero-order chi connectivity index (χ0) is 13.8. The molecule has 20 heavy (non-hydrogen) atoms. The number of hydrogen-bond acceptors (Lipinski definition) is 4. The Morgan fingerprint density at radius 3 is 2.75 bits per heavy atom. The van der Waals surface area contributed by atoms with Crippen molar-refractivity contribution in [2.75, 3.05) is 13.2 Å². The van der Waals surface area contributed by atoms with Gasteiger partial charge >= 0.3 is 0 Å². The second-order valence-electron chi connectivity index (χ2n) is 4.80. The van der Waals surface area contributed by atoms with Crippen LogP contribution in [0.15, 0.2) is 42.6 Å². The maximum atomic E-state index is 10.3. The molecule has 0 fully saturated rings. The van der Waals surface area contributed by atoms with E-state index in [9.17, 15) is 5.11 Å². The SMILES string of the molecule is OC(Cc1ccccn1)c1ccc2c(c1)OCCCO2. The van der Waals surface area contributed by atoms with Crippen LogP contribution in [0.3, 0.4) is 0 Å². The molecule has 0 radical (unpaired) electrons. The quantitative estimate of drug-likeness (QED) is 0.932. The molecule has 0 saturated carbocycles. The smallest absolute Gasteiger partial charge is 0.161 e. The lowest BCUT2D eigenvalue weighted by Gasteiger charge is -2.13. The highest BCUT2D eigenvalue weighted by molar-refractivity contribution is 5.44. The van der Waals surface area contributed by atoms with E-state index < -0.39 is 6.10 Å². The summed E-state index contributed by atoms with van der Waals surface area (Å²) in [6, 6.07) is 11.3. The van der Waals surface area contributed by atoms with Crippen molar-refractivity contribution >= 4 is 0 Å². The van der Waals surface area contributed by atoms with Gasteiger partial charge in [-0.3, -0.25) is 4.98 Å². The Morgan fingerprint density at radius 1 is 1.10 bits per heavy atom. The van der Waals surface area contributed by atoms with Gasteiger partial charge in [0.15, 0.2) is 11.5 Å². The Balaban J connectivity index is 1.78. The lowest BCUT2D eigenvalue weighted by Crippen LogP contribution is -2.04. The molecular weight excluding hydrogens is 254 g/mol. The fourth-order valence-corrected chi connectivity index (χ4v) is 2.22. The van der Waals surface area contributed by atoms with Gasteiger partial charge in [-0.15, -0.1) is 0 Å². The summed E-state index contributed by atoms with van der Waals surface area (Å²) in [6.45, 7) is 1.32. The van der Waals surface area contributed by atoms with Crippen LogP contribution in [0.4, 0.5) is 0 Å². The van der Waals surface area contributed by atoms with Crippen LogP contribution < -0.4 is 9.47 Å². The van der Waals surface area contributed by atoms with Gasteiger partial charge in [0, 0.05) is 24.7 Å². The lowest BCUT2D eigenvalue weighted by atomic mass is 10.0. The molecule has 0 aliphatic carbocycles. The highest BCUT2D eigenvalue weighted by atomic mass is 16.5. The number of benzene rings is 1. The van der Waals surface area contributed by atoms with Crippen molar-refractivity contribution in [1.29, 1.82) is 0 Å². The minimum Gasteiger partial charge on any atom is -0.490 e. The number of ether oxygens (including phenoxy) is 2. The molecule has 2 aromatic rings. The largest absolute Gasteiger partial charge is 0.490 e. The van der Waals surface area contributed by atoms with E-state index in [4.69, 9.17) is 9.47 Å². The van der Waals surface area contributed by atoms with Crippen molar-refractivity contribution < 1.29 is 14.6 Å². The second kappa shape index (κ2) is 5.92. The van der Waals surface area contributed by atoms with E-state index in [2.05, 4.69) is 4.98 Å². The van der Waals surface area contributed by atoms with Crippen molar-refractivity contribution in [3.05, 3.63) is 53.9 Å². The molecule has 2 heterocycles. The van der Waals surface area contributed by atoms with Crippen LogP contribution in [-0.4, -0.2) is 23.3 Å². The summed E-state index contributed by atoms with van der Waals surface area (Å²) in [5, 5.41) is 10.3. The van der Waals surface area contributed by atoms with E-state index in [1.807, 2.05) is 36.4 Å². The number of fused-ring (bicyclic) bond motifs is 1. The predicted octanol–water partition coefficient (Wildman–Crippen LogP) is 2.52. The molecule has 1 unspecified atom stereocenters. The maximum Gasteiger partial charge on any atom is 0.161 e. The average molecular weight is 271 g/mol. The number of pyridine rings is 1. The van der Waals surface area contributed by atoms with Gasteiger partial charge in [-0.25, -0.2) is 0 Å². The first-order chi connectivity index (χ1) is 9.83. The topological polar surface area (TPSA) is 51.6 Å². The maximum absolute atomic E-state index is 10.3. The van der Waals surface area contributed by atoms with Gasteiger partial charge in [0.05, 0.1) is 19.3 Å². The summed E-state index contributed by atoms with van der Waals surface area (Å²) < 4.78 is 11.2. The highest BCUT2D eigenvalue weighted by Crippen LogP contribution is 2.32. The molecule has 1 aromatic carbocycles. The molecule has 1 aromatic heterocycles. The van der Waals surface area contributed by atoms with Gasteiger partial charge in [-0.05, 0) is 29.8 Å². The van der Waals surface area contributed by atoms with E-state index in [1.165, 1.54) is 0 Å². The van der Waals surface area contributed by atoms with Gasteiger partial charge in [0.2, 0.25) is 0 Å². The third-order valence-corrected chi connectivity index (χ3v) is 3.28. The molecule has 0 amide bonds. The van der Waals surface area contributed by atoms with Crippen LogP contribution in [0, 0.1) is 0 Å². The van der Waals surface area contributed by atoms with E-state index in [1.54, 1.807) is 6.20 Å². The minimum atomic E-state index is -0.595. The van der Waals surface area contributed by atoms with Crippen LogP contribution in [0.2, 0.25) is 0 Å². The summed E-state index contributed by atoms with van der Waals surface area (Å²) in [5.74, 6) is 1.45. The predicted molar refractivity (Wildman–Crippen MR) is 74.9 cm³/mol. The summed E-state index contributed by atoms with van der Waals surface area (Å²) in [5.41, 5.74) is 1.69. The summed E-state index contributed by atoms with van der Waals surface area (Å²) in [6.07, 6.45) is 2.50. The fourth-order valence-electron chi connectivity index (χ4n) is 2.22. The standard InChI is InChI=1S/C16H17NO3/c18-14(11-13-4-1-2-7-17-13)12-5-6-15-16(10-12)20-9-3-8-19-15/h1-2,4-7,10,14,18H,3,8-9,11H2. The van der Waals surface area contributed by atoms with Crippen LogP contribution in [0.5, 0.6) is 11.5 Å². The zero-order valence-corrected chi connectivity index (χ0v) is 11.2. The molecule has 3 rings (SSSR count). The molecule has 104 valence electrons. The van der Waals surface area contributed by atoms with Crippen LogP contribution >= 0.6 is 0 Å². The molecule has 0 spiro atoms. The van der Waals surface area contributed by atoms with Crippen molar-refractivity contribution in [2.24, 2.45) is 0 Å². The first kappa shape index (κ1) is 12.9. The van der Waals surface area contributed by atoms with Crippen molar-refractivity contribution in [2.45, 2.75) is 18.9 Å². The molecule has 4 nitrogen and oxygen atoms in total. The first-order valence-corrected chi connectivity index (χ1v) is 6.80. The normalized spacial score (nSPS) is 15.4. The second-order valence-corrected chi connectivity index (χ2v) is 4.80. The van der Waals surface area contributed by atoms with E-state index >= 15 is 0 Å². The number of aliphatic hydroxyl groups excluding tert-OH is 1. The first-order valence-electron chi connectivity index (χ1n) is 6.80. The number of rotatable bonds is 3. The molecule has 1 atom stereocenters. The van der Waals surface area contributed by atoms with E-state index in [-0.39, 0.29) is 0 Å². The third-order valence-electron chi connectivity index (χ3n) is 3.28. The van der Waals surface area contributed by atoms with Gasteiger partial charge in [0.25, 0.3) is 0 Å². The Morgan fingerprint density at radius 2 is 1.95 bits per heavy atom. The summed E-state index contributed by atoms with van der Waals surface area (Å²) >= 11 is 0. The fraction of sp³-hybridized carbons (Fsp3) is 0.312. The molecule has 1 N–H and O–H groups in total. The Kier molecular flexibility index (Phi) is 3.83. The third kappa shape index (κ3) is 2.91. The van der Waals surface area contributed by atoms with Crippen molar-refractivity contribution in [3.63, 3.8) is 0 Å². The summed E-state index contributed by atoms with van der Waals surface area (Å²) in [4.78, 5) is 4.23. The molecule has 4 heteroatoms. The number of aromatic nitrogens is 1. The molecule has 1 aliphatic rings. The van der Waals surface area contributed by atoms with Crippen LogP contribution in [0.25, 0.3) is 0 Å². The molecule has 0 saturated heterocycles. The Labute approximate surface area is 118 Å². The van der Waals surface area contributed by atoms with Gasteiger partial charge in [0.1, 0.15) is 0 Å². The van der Waals surface area contributed by atoms with E-state index in [0.717, 1.165) is 23.4 Å². The zero-order valence-electron chi connectivity index (χ0n) is 11.2. The lowest BCUT2D eigenvalue weighted by molar-refractivity contribution is 0.176. The molecule has 1 aliphatic heterocycles.